The van der Waals surface area contributed by atoms with E-state index in [0.29, 0.717) is 28.7 Å². The molecule has 1 aliphatic heterocycles. The fourth-order valence-corrected chi connectivity index (χ4v) is 5.84. The van der Waals surface area contributed by atoms with Crippen molar-refractivity contribution < 1.29 is 22.0 Å². The van der Waals surface area contributed by atoms with E-state index in [-0.39, 0.29) is 29.2 Å². The van der Waals surface area contributed by atoms with Crippen LogP contribution in [0.5, 0.6) is 0 Å². The van der Waals surface area contributed by atoms with Crippen LogP contribution in [-0.4, -0.2) is 40.6 Å². The van der Waals surface area contributed by atoms with E-state index in [1.807, 2.05) is 0 Å². The van der Waals surface area contributed by atoms with Gasteiger partial charge >= 0.3 is 0 Å². The molecule has 2 aliphatic rings. The van der Waals surface area contributed by atoms with Crippen molar-refractivity contribution in [3.63, 3.8) is 0 Å². The van der Waals surface area contributed by atoms with Gasteiger partial charge in [-0.2, -0.15) is 5.10 Å². The maximum Gasteiger partial charge on any atom is 0.256 e. The largest absolute Gasteiger partial charge is 0.322 e. The molecule has 1 amide bonds. The second-order valence-electron chi connectivity index (χ2n) is 8.27. The number of aryl methyl sites for hydroxylation is 1. The highest BCUT2D eigenvalue weighted by atomic mass is 32.2. The lowest BCUT2D eigenvalue weighted by Crippen LogP contribution is -2.15. The molecule has 1 aliphatic carbocycles. The molecular formula is C21H20F2N4O3S. The van der Waals surface area contributed by atoms with Gasteiger partial charge in [0.2, 0.25) is 0 Å². The Morgan fingerprint density at radius 2 is 1.84 bits per heavy atom. The zero-order valence-electron chi connectivity index (χ0n) is 16.7. The maximum atomic E-state index is 13.6. The summed E-state index contributed by atoms with van der Waals surface area (Å²) in [5, 5.41) is 7.60. The number of carbonyl (C=O) groups is 1. The average Bonchev–Trinajstić information content (AvgIpc) is 3.40. The minimum atomic E-state index is -3.13. The number of anilines is 1. The standard InChI is InChI=1S/C21H20F2N4O3S/c1-11-19-17(21(28)24-15-7-13(22)6-14(23)8-15)9-18(12-2-3-12)25-20(19)27(26-11)16-4-5-31(29,30)10-16/h6-9,12,16H,2-5,10H2,1H3,(H,24,28)/t16-/m0/s1. The molecule has 0 unspecified atom stereocenters. The number of carbonyl (C=O) groups excluding carboxylic acids is 1. The Hall–Kier alpha value is -2.88. The van der Waals surface area contributed by atoms with E-state index in [9.17, 15) is 22.0 Å². The van der Waals surface area contributed by atoms with E-state index in [4.69, 9.17) is 4.98 Å². The first-order chi connectivity index (χ1) is 14.7. The van der Waals surface area contributed by atoms with Gasteiger partial charge in [0.05, 0.1) is 34.2 Å². The lowest BCUT2D eigenvalue weighted by Gasteiger charge is -2.12. The van der Waals surface area contributed by atoms with Crippen LogP contribution in [0.1, 0.15) is 53.0 Å². The molecule has 2 fully saturated rings. The maximum absolute atomic E-state index is 13.6. The van der Waals surface area contributed by atoms with Crippen molar-refractivity contribution in [3.05, 3.63) is 52.9 Å². The lowest BCUT2D eigenvalue weighted by atomic mass is 10.1. The number of benzene rings is 1. The van der Waals surface area contributed by atoms with E-state index in [1.165, 1.54) is 0 Å². The quantitative estimate of drug-likeness (QED) is 0.662. The van der Waals surface area contributed by atoms with Gasteiger partial charge in [-0.05, 0) is 44.4 Å². The molecule has 10 heteroatoms. The predicted molar refractivity (Wildman–Crippen MR) is 111 cm³/mol. The highest BCUT2D eigenvalue weighted by Crippen LogP contribution is 2.41. The van der Waals surface area contributed by atoms with Crippen molar-refractivity contribution in [2.24, 2.45) is 0 Å². The van der Waals surface area contributed by atoms with E-state index in [2.05, 4.69) is 10.4 Å². The van der Waals surface area contributed by atoms with Crippen LogP contribution in [0.4, 0.5) is 14.5 Å². The molecule has 3 heterocycles. The summed E-state index contributed by atoms with van der Waals surface area (Å²) in [5.41, 5.74) is 2.07. The minimum Gasteiger partial charge on any atom is -0.322 e. The summed E-state index contributed by atoms with van der Waals surface area (Å²) in [7, 11) is -3.13. The number of nitrogens with one attached hydrogen (secondary N) is 1. The van der Waals surface area contributed by atoms with Gasteiger partial charge in [0.25, 0.3) is 5.91 Å². The molecule has 0 spiro atoms. The number of nitrogens with zero attached hydrogens (tertiary/aromatic N) is 3. The van der Waals surface area contributed by atoms with Gasteiger partial charge in [-0.25, -0.2) is 26.9 Å². The van der Waals surface area contributed by atoms with Crippen LogP contribution in [0.2, 0.25) is 0 Å². The molecule has 2 aromatic heterocycles. The summed E-state index contributed by atoms with van der Waals surface area (Å²) in [6.07, 6.45) is 2.36. The minimum absolute atomic E-state index is 0.00682. The SMILES string of the molecule is Cc1nn([C@H]2CCS(=O)(=O)C2)c2nc(C3CC3)cc(C(=O)Nc3cc(F)cc(F)c3)c12. The molecule has 162 valence electrons. The summed E-state index contributed by atoms with van der Waals surface area (Å²) >= 11 is 0. The van der Waals surface area contributed by atoms with E-state index in [0.717, 1.165) is 36.7 Å². The summed E-state index contributed by atoms with van der Waals surface area (Å²) < 4.78 is 52.7. The first-order valence-electron chi connectivity index (χ1n) is 10.1. The van der Waals surface area contributed by atoms with Gasteiger partial charge in [-0.3, -0.25) is 4.79 Å². The van der Waals surface area contributed by atoms with E-state index in [1.54, 1.807) is 17.7 Å². The number of aromatic nitrogens is 3. The number of amides is 1. The van der Waals surface area contributed by atoms with Crippen molar-refractivity contribution in [2.75, 3.05) is 16.8 Å². The smallest absolute Gasteiger partial charge is 0.256 e. The van der Waals surface area contributed by atoms with Crippen LogP contribution in [0.25, 0.3) is 11.0 Å². The Kier molecular flexibility index (Phi) is 4.58. The van der Waals surface area contributed by atoms with Gasteiger partial charge < -0.3 is 5.32 Å². The number of hydrogen-bond acceptors (Lipinski definition) is 5. The van der Waals surface area contributed by atoms with Crippen LogP contribution in [-0.2, 0) is 9.84 Å². The van der Waals surface area contributed by atoms with Crippen molar-refractivity contribution in [1.82, 2.24) is 14.8 Å². The predicted octanol–water partition coefficient (Wildman–Crippen LogP) is 3.51. The van der Waals surface area contributed by atoms with Crippen LogP contribution in [0.3, 0.4) is 0 Å². The fourth-order valence-electron chi connectivity index (χ4n) is 4.15. The van der Waals surface area contributed by atoms with Gasteiger partial charge in [-0.1, -0.05) is 0 Å². The molecule has 31 heavy (non-hydrogen) atoms. The van der Waals surface area contributed by atoms with Crippen molar-refractivity contribution in [3.8, 4) is 0 Å². The zero-order chi connectivity index (χ0) is 21.9. The molecule has 1 N–H and O–H groups in total. The molecule has 1 saturated heterocycles. The van der Waals surface area contributed by atoms with Crippen LogP contribution in [0.15, 0.2) is 24.3 Å². The molecule has 1 atom stereocenters. The number of halogens is 2. The second kappa shape index (κ2) is 7.08. The summed E-state index contributed by atoms with van der Waals surface area (Å²) in [4.78, 5) is 17.8. The molecule has 1 aromatic carbocycles. The van der Waals surface area contributed by atoms with Gasteiger partial charge in [0.15, 0.2) is 15.5 Å². The van der Waals surface area contributed by atoms with Crippen LogP contribution in [0, 0.1) is 18.6 Å². The molecule has 0 radical (unpaired) electrons. The van der Waals surface area contributed by atoms with Crippen LogP contribution >= 0.6 is 0 Å². The van der Waals surface area contributed by atoms with Gasteiger partial charge in [-0.15, -0.1) is 0 Å². The number of sulfone groups is 1. The summed E-state index contributed by atoms with van der Waals surface area (Å²) in [6, 6.07) is 4.18. The third kappa shape index (κ3) is 3.80. The highest BCUT2D eigenvalue weighted by Gasteiger charge is 2.34. The Balaban J connectivity index is 1.61. The number of rotatable bonds is 4. The Bertz CT molecular complexity index is 1310. The first kappa shape index (κ1) is 20.0. The number of hydrogen-bond donors (Lipinski definition) is 1. The third-order valence-corrected chi connectivity index (χ3v) is 7.52. The van der Waals surface area contributed by atoms with Gasteiger partial charge in [0.1, 0.15) is 11.6 Å². The monoisotopic (exact) mass is 446 g/mol. The normalized spacial score (nSPS) is 20.3. The number of pyridine rings is 1. The molecular weight excluding hydrogens is 426 g/mol. The number of fused-ring (bicyclic) bond motifs is 1. The second-order valence-corrected chi connectivity index (χ2v) is 10.5. The zero-order valence-corrected chi connectivity index (χ0v) is 17.5. The Morgan fingerprint density at radius 1 is 1.13 bits per heavy atom. The average molecular weight is 446 g/mol. The molecule has 5 rings (SSSR count). The van der Waals surface area contributed by atoms with Crippen molar-refractivity contribution in [1.29, 1.82) is 0 Å². The van der Waals surface area contributed by atoms with E-state index < -0.39 is 27.4 Å². The van der Waals surface area contributed by atoms with Crippen molar-refractivity contribution in [2.45, 2.75) is 38.1 Å². The molecule has 7 nitrogen and oxygen atoms in total. The lowest BCUT2D eigenvalue weighted by molar-refractivity contribution is 0.102. The van der Waals surface area contributed by atoms with Crippen LogP contribution < -0.4 is 5.32 Å². The highest BCUT2D eigenvalue weighted by molar-refractivity contribution is 7.91. The summed E-state index contributed by atoms with van der Waals surface area (Å²) in [6.45, 7) is 1.74. The molecule has 1 saturated carbocycles. The summed E-state index contributed by atoms with van der Waals surface area (Å²) in [5.74, 6) is -1.79. The Morgan fingerprint density at radius 3 is 2.45 bits per heavy atom. The van der Waals surface area contributed by atoms with Gasteiger partial charge in [0, 0.05) is 23.4 Å². The Labute approximate surface area is 177 Å². The topological polar surface area (TPSA) is 93.9 Å². The van der Waals surface area contributed by atoms with Crippen molar-refractivity contribution >= 4 is 32.5 Å². The molecule has 0 bridgehead atoms. The van der Waals surface area contributed by atoms with E-state index >= 15 is 0 Å². The molecule has 3 aromatic rings. The first-order valence-corrected chi connectivity index (χ1v) is 11.9. The third-order valence-electron chi connectivity index (χ3n) is 5.77. The fraction of sp³-hybridized carbons (Fsp3) is 0.381.